The number of fused-ring (bicyclic) bond motifs is 1. The molecule has 8 heteroatoms. The van der Waals surface area contributed by atoms with E-state index in [-0.39, 0.29) is 5.91 Å². The molecule has 2 atom stereocenters. The Labute approximate surface area is 189 Å². The molecule has 2 aromatic carbocycles. The number of hydrogen-bond donors (Lipinski definition) is 1. The van der Waals surface area contributed by atoms with Crippen LogP contribution in [0.5, 0.6) is 0 Å². The summed E-state index contributed by atoms with van der Waals surface area (Å²) in [5, 5.41) is 11.6. The average Bonchev–Trinajstić information content (AvgIpc) is 3.27. The van der Waals surface area contributed by atoms with Gasteiger partial charge in [0.15, 0.2) is 6.17 Å². The fraction of sp³-hybridized carbons (Fsp3) is 0.320. The van der Waals surface area contributed by atoms with Crippen molar-refractivity contribution in [3.05, 3.63) is 88.3 Å². The van der Waals surface area contributed by atoms with Gasteiger partial charge in [-0.25, -0.2) is 0 Å². The van der Waals surface area contributed by atoms with E-state index in [9.17, 15) is 18.0 Å². The maximum atomic E-state index is 14.0. The van der Waals surface area contributed by atoms with Crippen LogP contribution in [0, 0.1) is 6.92 Å². The topological polar surface area (TPSA) is 57.1 Å². The molecule has 170 valence electrons. The Balaban J connectivity index is 1.72. The van der Waals surface area contributed by atoms with Crippen LogP contribution in [0.25, 0.3) is 0 Å². The van der Waals surface area contributed by atoms with Crippen molar-refractivity contribution in [2.24, 2.45) is 10.2 Å². The van der Waals surface area contributed by atoms with Crippen LogP contribution in [-0.4, -0.2) is 18.6 Å². The van der Waals surface area contributed by atoms with Gasteiger partial charge in [-0.3, -0.25) is 4.79 Å². The van der Waals surface area contributed by atoms with Crippen molar-refractivity contribution in [2.45, 2.75) is 44.4 Å². The minimum atomic E-state index is -4.49. The van der Waals surface area contributed by atoms with Gasteiger partial charge in [0, 0.05) is 29.9 Å². The summed E-state index contributed by atoms with van der Waals surface area (Å²) in [4.78, 5) is 15.8. The van der Waals surface area contributed by atoms with E-state index < -0.39 is 23.3 Å². The zero-order valence-electron chi connectivity index (χ0n) is 18.3. The van der Waals surface area contributed by atoms with E-state index in [0.717, 1.165) is 29.1 Å². The van der Waals surface area contributed by atoms with Gasteiger partial charge in [-0.15, -0.1) is 0 Å². The number of aryl methyl sites for hydroxylation is 1. The summed E-state index contributed by atoms with van der Waals surface area (Å²) in [6, 6.07) is 12.9. The summed E-state index contributed by atoms with van der Waals surface area (Å²) in [6.45, 7) is 4.31. The average molecular weight is 452 g/mol. The van der Waals surface area contributed by atoms with Crippen LogP contribution in [-0.2, 0) is 16.4 Å². The lowest BCUT2D eigenvalue weighted by atomic mass is 9.62. The van der Waals surface area contributed by atoms with Crippen LogP contribution in [0.2, 0.25) is 0 Å². The molecule has 1 N–H and O–H groups in total. The predicted molar refractivity (Wildman–Crippen MR) is 118 cm³/mol. The zero-order valence-corrected chi connectivity index (χ0v) is 18.3. The number of carbonyl (C=O) groups excluding carboxylic acids is 1. The molecule has 3 heterocycles. The number of rotatable bonds is 3. The maximum absolute atomic E-state index is 14.0. The van der Waals surface area contributed by atoms with E-state index in [0.29, 0.717) is 36.1 Å². The minimum absolute atomic E-state index is 0.205. The lowest BCUT2D eigenvalue weighted by Crippen LogP contribution is -2.54. The second-order valence-electron chi connectivity index (χ2n) is 8.55. The number of carbonyl (C=O) groups is 1. The van der Waals surface area contributed by atoms with Gasteiger partial charge < -0.3 is 10.2 Å². The van der Waals surface area contributed by atoms with E-state index in [1.807, 2.05) is 38.1 Å². The molecule has 0 saturated heterocycles. The molecule has 3 aliphatic heterocycles. The first-order chi connectivity index (χ1) is 15.8. The summed E-state index contributed by atoms with van der Waals surface area (Å²) < 4.78 is 40.9. The number of halogens is 3. The third-order valence-electron chi connectivity index (χ3n) is 6.87. The van der Waals surface area contributed by atoms with Crippen molar-refractivity contribution in [3.63, 3.8) is 0 Å². The highest BCUT2D eigenvalue weighted by atomic mass is 19.4. The van der Waals surface area contributed by atoms with E-state index in [1.54, 1.807) is 17.2 Å². The van der Waals surface area contributed by atoms with E-state index >= 15 is 0 Å². The molecule has 0 bridgehead atoms. The fourth-order valence-electron chi connectivity index (χ4n) is 5.31. The molecule has 0 aliphatic carbocycles. The largest absolute Gasteiger partial charge is 0.416 e. The van der Waals surface area contributed by atoms with Crippen LogP contribution in [0.3, 0.4) is 0 Å². The third kappa shape index (κ3) is 3.19. The van der Waals surface area contributed by atoms with Crippen LogP contribution >= 0.6 is 0 Å². The fourth-order valence-corrected chi connectivity index (χ4v) is 5.31. The normalized spacial score (nSPS) is 24.4. The van der Waals surface area contributed by atoms with E-state index in [1.165, 1.54) is 6.07 Å². The summed E-state index contributed by atoms with van der Waals surface area (Å²) >= 11 is 0. The van der Waals surface area contributed by atoms with Gasteiger partial charge in [-0.05, 0) is 36.6 Å². The first-order valence-electron chi connectivity index (χ1n) is 10.9. The molecule has 3 aliphatic rings. The lowest BCUT2D eigenvalue weighted by molar-refractivity contribution is -0.137. The molecule has 2 aromatic rings. The minimum Gasteiger partial charge on any atom is -0.362 e. The Morgan fingerprint density at radius 2 is 1.97 bits per heavy atom. The molecule has 0 saturated carbocycles. The van der Waals surface area contributed by atoms with Crippen molar-refractivity contribution in [3.8, 4) is 0 Å². The van der Waals surface area contributed by atoms with Crippen molar-refractivity contribution in [1.29, 1.82) is 0 Å². The first kappa shape index (κ1) is 21.4. The van der Waals surface area contributed by atoms with Crippen molar-refractivity contribution < 1.29 is 18.0 Å². The van der Waals surface area contributed by atoms with Crippen LogP contribution < -0.4 is 10.2 Å². The molecular formula is C25H23F3N4O. The molecule has 1 amide bonds. The molecular weight excluding hydrogens is 429 g/mol. The number of benzene rings is 2. The Morgan fingerprint density at radius 3 is 2.70 bits per heavy atom. The van der Waals surface area contributed by atoms with Crippen molar-refractivity contribution in [2.75, 3.05) is 11.4 Å². The summed E-state index contributed by atoms with van der Waals surface area (Å²) in [5.41, 5.74) is 2.30. The van der Waals surface area contributed by atoms with Crippen LogP contribution in [0.15, 0.2) is 81.8 Å². The maximum Gasteiger partial charge on any atom is 0.416 e. The van der Waals surface area contributed by atoms with Gasteiger partial charge in [0.2, 0.25) is 0 Å². The lowest BCUT2D eigenvalue weighted by Gasteiger charge is -2.47. The number of azo groups is 1. The number of nitrogens with zero attached hydrogens (tertiary/aromatic N) is 3. The summed E-state index contributed by atoms with van der Waals surface area (Å²) in [7, 11) is 0. The van der Waals surface area contributed by atoms with Gasteiger partial charge in [0.1, 0.15) is 0 Å². The Hall–Kier alpha value is -3.42. The smallest absolute Gasteiger partial charge is 0.362 e. The highest BCUT2D eigenvalue weighted by Crippen LogP contribution is 2.52. The second kappa shape index (κ2) is 7.57. The zero-order chi connectivity index (χ0) is 23.4. The molecule has 1 unspecified atom stereocenters. The number of amides is 1. The van der Waals surface area contributed by atoms with Gasteiger partial charge in [0.25, 0.3) is 5.91 Å². The highest BCUT2D eigenvalue weighted by molar-refractivity contribution is 6.10. The summed E-state index contributed by atoms with van der Waals surface area (Å²) in [5.74, 6) is -0.205. The number of para-hydroxylation sites is 1. The number of anilines is 1. The highest BCUT2D eigenvalue weighted by Gasteiger charge is 2.53. The van der Waals surface area contributed by atoms with Crippen molar-refractivity contribution in [1.82, 2.24) is 5.32 Å². The number of hydrogen-bond acceptors (Lipinski definition) is 4. The standard InChI is InChI=1S/C25H23F3N4O/c1-3-24(16-8-6-9-17(13-16)25(26,27)28)18-14-29-31-22(18)30-19-11-12-32(23(33)21(19)24)20-10-5-4-7-15(20)2/h4-10,13-14,22,30H,3,11-12H2,1-2H3/t22?,24-/m0/s1. The molecule has 0 aromatic heterocycles. The molecule has 0 spiro atoms. The molecule has 5 nitrogen and oxygen atoms in total. The van der Waals surface area contributed by atoms with Crippen LogP contribution in [0.1, 0.15) is 36.5 Å². The van der Waals surface area contributed by atoms with Gasteiger partial charge in [0.05, 0.1) is 22.8 Å². The Kier molecular flexibility index (Phi) is 4.92. The molecule has 0 radical (unpaired) electrons. The second-order valence-corrected chi connectivity index (χ2v) is 8.55. The first-order valence-corrected chi connectivity index (χ1v) is 10.9. The number of alkyl halides is 3. The van der Waals surface area contributed by atoms with Crippen LogP contribution in [0.4, 0.5) is 18.9 Å². The quantitative estimate of drug-likeness (QED) is 0.656. The van der Waals surface area contributed by atoms with E-state index in [2.05, 4.69) is 15.5 Å². The van der Waals surface area contributed by atoms with E-state index in [4.69, 9.17) is 0 Å². The van der Waals surface area contributed by atoms with Crippen molar-refractivity contribution >= 4 is 11.6 Å². The Morgan fingerprint density at radius 1 is 1.18 bits per heavy atom. The Bertz CT molecular complexity index is 1230. The summed E-state index contributed by atoms with van der Waals surface area (Å²) in [6.07, 6.45) is -2.44. The SMILES string of the molecule is CC[C@]1(c2cccc(C(F)(F)F)c2)C2=CN=NC2NC2=C1C(=O)N(c1ccccc1C)CC2. The monoisotopic (exact) mass is 452 g/mol. The third-order valence-corrected chi connectivity index (χ3v) is 6.87. The van der Waals surface area contributed by atoms with Gasteiger partial charge in [-0.2, -0.15) is 23.4 Å². The van der Waals surface area contributed by atoms with Gasteiger partial charge >= 0.3 is 6.18 Å². The number of nitrogens with one attached hydrogen (secondary N) is 1. The predicted octanol–water partition coefficient (Wildman–Crippen LogP) is 5.63. The molecule has 0 fully saturated rings. The molecule has 5 rings (SSSR count). The van der Waals surface area contributed by atoms with Gasteiger partial charge in [-0.1, -0.05) is 43.3 Å². The molecule has 33 heavy (non-hydrogen) atoms.